The van der Waals surface area contributed by atoms with E-state index in [2.05, 4.69) is 11.4 Å². The Kier molecular flexibility index (Phi) is 4.52. The van der Waals surface area contributed by atoms with Crippen LogP contribution in [0.2, 0.25) is 0 Å². The number of carbonyl (C=O) groups excluding carboxylic acids is 1. The number of aliphatic hydroxyl groups is 2. The molecule has 104 valence electrons. The molecule has 0 aromatic heterocycles. The molecular formula is C14H20N2O3. The van der Waals surface area contributed by atoms with E-state index in [0.717, 1.165) is 23.2 Å². The van der Waals surface area contributed by atoms with E-state index in [1.165, 1.54) is 0 Å². The number of aliphatic hydroxyl groups excluding tert-OH is 2. The molecule has 1 amide bonds. The number of nitrogens with one attached hydrogen (secondary N) is 1. The third kappa shape index (κ3) is 3.12. The number of benzene rings is 1. The molecule has 1 aliphatic heterocycles. The molecule has 19 heavy (non-hydrogen) atoms. The van der Waals surface area contributed by atoms with Crippen molar-refractivity contribution in [2.24, 2.45) is 0 Å². The van der Waals surface area contributed by atoms with Crippen molar-refractivity contribution in [1.29, 1.82) is 0 Å². The molecule has 0 spiro atoms. The molecule has 5 nitrogen and oxygen atoms in total. The Morgan fingerprint density at radius 1 is 1.37 bits per heavy atom. The number of anilines is 1. The summed E-state index contributed by atoms with van der Waals surface area (Å²) in [5, 5.41) is 21.0. The van der Waals surface area contributed by atoms with E-state index in [9.17, 15) is 4.79 Å². The fourth-order valence-electron chi connectivity index (χ4n) is 2.29. The largest absolute Gasteiger partial charge is 0.395 e. The number of hydrogen-bond donors (Lipinski definition) is 3. The molecule has 1 heterocycles. The molecule has 1 aromatic rings. The minimum Gasteiger partial charge on any atom is -0.395 e. The highest BCUT2D eigenvalue weighted by Gasteiger charge is 2.23. The SMILES string of the molecule is CN1C(=O)Cc2cc(CCNC(CO)CO)ccc21. The number of amides is 1. The van der Waals surface area contributed by atoms with Crippen molar-refractivity contribution < 1.29 is 15.0 Å². The van der Waals surface area contributed by atoms with Crippen molar-refractivity contribution in [3.05, 3.63) is 29.3 Å². The van der Waals surface area contributed by atoms with Crippen LogP contribution in [-0.4, -0.2) is 49.0 Å². The standard InChI is InChI=1S/C14H20N2O3/c1-16-13-3-2-10(6-11(13)7-14(16)19)4-5-15-12(8-17)9-18/h2-3,6,12,15,17-18H,4-5,7-9H2,1H3. The van der Waals surface area contributed by atoms with Crippen LogP contribution in [0, 0.1) is 0 Å². The Morgan fingerprint density at radius 3 is 2.79 bits per heavy atom. The van der Waals surface area contributed by atoms with E-state index >= 15 is 0 Å². The van der Waals surface area contributed by atoms with Gasteiger partial charge in [0.1, 0.15) is 0 Å². The van der Waals surface area contributed by atoms with E-state index in [4.69, 9.17) is 10.2 Å². The highest BCUT2D eigenvalue weighted by Crippen LogP contribution is 2.28. The molecule has 1 aromatic carbocycles. The van der Waals surface area contributed by atoms with E-state index in [1.54, 1.807) is 11.9 Å². The summed E-state index contributed by atoms with van der Waals surface area (Å²) in [4.78, 5) is 13.3. The normalized spacial score (nSPS) is 14.3. The zero-order valence-electron chi connectivity index (χ0n) is 11.1. The molecule has 1 aliphatic rings. The molecule has 0 atom stereocenters. The average Bonchev–Trinajstić information content (AvgIpc) is 2.70. The lowest BCUT2D eigenvalue weighted by molar-refractivity contribution is -0.117. The van der Waals surface area contributed by atoms with Crippen LogP contribution in [-0.2, 0) is 17.6 Å². The van der Waals surface area contributed by atoms with E-state index in [1.807, 2.05) is 12.1 Å². The molecular weight excluding hydrogens is 244 g/mol. The minimum absolute atomic E-state index is 0.0695. The van der Waals surface area contributed by atoms with Gasteiger partial charge in [0.15, 0.2) is 0 Å². The van der Waals surface area contributed by atoms with Gasteiger partial charge < -0.3 is 20.4 Å². The van der Waals surface area contributed by atoms with E-state index < -0.39 is 0 Å². The van der Waals surface area contributed by atoms with Crippen LogP contribution in [0.15, 0.2) is 18.2 Å². The molecule has 3 N–H and O–H groups in total. The Morgan fingerprint density at radius 2 is 2.11 bits per heavy atom. The number of rotatable bonds is 6. The van der Waals surface area contributed by atoms with Crippen LogP contribution in [0.4, 0.5) is 5.69 Å². The van der Waals surface area contributed by atoms with Crippen LogP contribution in [0.1, 0.15) is 11.1 Å². The number of carbonyl (C=O) groups is 1. The first-order valence-electron chi connectivity index (χ1n) is 6.49. The monoisotopic (exact) mass is 264 g/mol. The zero-order valence-corrected chi connectivity index (χ0v) is 11.1. The van der Waals surface area contributed by atoms with Gasteiger partial charge in [-0.2, -0.15) is 0 Å². The zero-order chi connectivity index (χ0) is 13.8. The topological polar surface area (TPSA) is 72.8 Å². The summed E-state index contributed by atoms with van der Waals surface area (Å²) in [7, 11) is 1.79. The molecule has 0 bridgehead atoms. The Balaban J connectivity index is 1.93. The summed E-state index contributed by atoms with van der Waals surface area (Å²) < 4.78 is 0. The minimum atomic E-state index is -0.262. The Hall–Kier alpha value is -1.43. The lowest BCUT2D eigenvalue weighted by atomic mass is 10.1. The van der Waals surface area contributed by atoms with Gasteiger partial charge in [-0.05, 0) is 30.2 Å². The van der Waals surface area contributed by atoms with Gasteiger partial charge in [-0.1, -0.05) is 12.1 Å². The quantitative estimate of drug-likeness (QED) is 0.659. The molecule has 5 heteroatoms. The van der Waals surface area contributed by atoms with Crippen molar-refractivity contribution >= 4 is 11.6 Å². The third-order valence-corrected chi connectivity index (χ3v) is 3.51. The van der Waals surface area contributed by atoms with Crippen molar-refractivity contribution in [2.75, 3.05) is 31.7 Å². The first-order chi connectivity index (χ1) is 9.15. The predicted octanol–water partition coefficient (Wildman–Crippen LogP) is -0.309. The lowest BCUT2D eigenvalue weighted by Gasteiger charge is -2.14. The second kappa shape index (κ2) is 6.14. The fourth-order valence-corrected chi connectivity index (χ4v) is 2.29. The molecule has 0 unspecified atom stereocenters. The van der Waals surface area contributed by atoms with Gasteiger partial charge in [0, 0.05) is 12.7 Å². The number of nitrogens with zero attached hydrogens (tertiary/aromatic N) is 1. The van der Waals surface area contributed by atoms with Crippen LogP contribution in [0.3, 0.4) is 0 Å². The van der Waals surface area contributed by atoms with Crippen LogP contribution < -0.4 is 10.2 Å². The van der Waals surface area contributed by atoms with Gasteiger partial charge in [0.2, 0.25) is 5.91 Å². The van der Waals surface area contributed by atoms with Gasteiger partial charge in [0.25, 0.3) is 0 Å². The maximum absolute atomic E-state index is 11.6. The van der Waals surface area contributed by atoms with Crippen LogP contribution in [0.25, 0.3) is 0 Å². The highest BCUT2D eigenvalue weighted by molar-refractivity contribution is 6.00. The number of hydrogen-bond acceptors (Lipinski definition) is 4. The van der Waals surface area contributed by atoms with Gasteiger partial charge in [-0.25, -0.2) is 0 Å². The summed E-state index contributed by atoms with van der Waals surface area (Å²) in [5.74, 6) is 0.130. The van der Waals surface area contributed by atoms with E-state index in [0.29, 0.717) is 13.0 Å². The fraction of sp³-hybridized carbons (Fsp3) is 0.500. The summed E-state index contributed by atoms with van der Waals surface area (Å²) >= 11 is 0. The lowest BCUT2D eigenvalue weighted by Crippen LogP contribution is -2.36. The van der Waals surface area contributed by atoms with Crippen molar-refractivity contribution in [3.8, 4) is 0 Å². The summed E-state index contributed by atoms with van der Waals surface area (Å²) in [6.07, 6.45) is 1.28. The first kappa shape index (κ1) is 14.0. The molecule has 2 rings (SSSR count). The van der Waals surface area contributed by atoms with Gasteiger partial charge in [0.05, 0.1) is 25.7 Å². The second-order valence-electron chi connectivity index (χ2n) is 4.86. The maximum Gasteiger partial charge on any atom is 0.231 e. The average molecular weight is 264 g/mol. The van der Waals surface area contributed by atoms with Crippen molar-refractivity contribution in [3.63, 3.8) is 0 Å². The van der Waals surface area contributed by atoms with E-state index in [-0.39, 0.29) is 25.2 Å². The second-order valence-corrected chi connectivity index (χ2v) is 4.86. The summed E-state index contributed by atoms with van der Waals surface area (Å²) in [5.41, 5.74) is 3.22. The van der Waals surface area contributed by atoms with Crippen molar-refractivity contribution in [2.45, 2.75) is 18.9 Å². The van der Waals surface area contributed by atoms with Crippen LogP contribution >= 0.6 is 0 Å². The van der Waals surface area contributed by atoms with Crippen molar-refractivity contribution in [1.82, 2.24) is 5.32 Å². The van der Waals surface area contributed by atoms with Gasteiger partial charge in [-0.15, -0.1) is 0 Å². The first-order valence-corrected chi connectivity index (χ1v) is 6.49. The molecule has 0 saturated carbocycles. The number of fused-ring (bicyclic) bond motifs is 1. The summed E-state index contributed by atoms with van der Waals surface area (Å²) in [6, 6.07) is 5.79. The highest BCUT2D eigenvalue weighted by atomic mass is 16.3. The Labute approximate surface area is 112 Å². The molecule has 0 radical (unpaired) electrons. The number of likely N-dealkylation sites (N-methyl/N-ethyl adjacent to an activating group) is 1. The van der Waals surface area contributed by atoms with Gasteiger partial charge >= 0.3 is 0 Å². The molecule has 0 aliphatic carbocycles. The van der Waals surface area contributed by atoms with Crippen LogP contribution in [0.5, 0.6) is 0 Å². The smallest absolute Gasteiger partial charge is 0.231 e. The molecule has 0 fully saturated rings. The summed E-state index contributed by atoms with van der Waals surface area (Å²) in [6.45, 7) is 0.550. The predicted molar refractivity (Wildman–Crippen MR) is 73.2 cm³/mol. The Bertz CT molecular complexity index is 458. The van der Waals surface area contributed by atoms with Gasteiger partial charge in [-0.3, -0.25) is 4.79 Å². The third-order valence-electron chi connectivity index (χ3n) is 3.51. The molecule has 0 saturated heterocycles. The maximum atomic E-state index is 11.6.